The van der Waals surface area contributed by atoms with Gasteiger partial charge in [-0.05, 0) is 150 Å². The Hall–Kier alpha value is -0.780. The molecule has 0 aromatic carbocycles. The number of fused-ring (bicyclic) bond motifs is 1. The van der Waals surface area contributed by atoms with Crippen molar-refractivity contribution in [1.29, 1.82) is 0 Å². The van der Waals surface area contributed by atoms with Gasteiger partial charge in [0.15, 0.2) is 0 Å². The van der Waals surface area contributed by atoms with E-state index in [1.165, 1.54) is 116 Å². The minimum Gasteiger partial charge on any atom is -0.0887 e. The summed E-state index contributed by atoms with van der Waals surface area (Å²) in [5, 5.41) is 0. The minimum atomic E-state index is 0.738. The normalized spacial score (nSPS) is 29.6. The second kappa shape index (κ2) is 27.8. The van der Waals surface area contributed by atoms with Crippen LogP contribution in [-0.2, 0) is 0 Å². The van der Waals surface area contributed by atoms with Gasteiger partial charge in [-0.1, -0.05) is 162 Å². The average molecular weight is 681 g/mol. The Morgan fingerprint density at radius 2 is 1.55 bits per heavy atom. The van der Waals surface area contributed by atoms with Crippen LogP contribution in [0.15, 0.2) is 36.0 Å². The maximum Gasteiger partial charge on any atom is -0.0202 e. The molecule has 0 N–H and O–H groups in total. The van der Waals surface area contributed by atoms with Crippen molar-refractivity contribution in [3.63, 3.8) is 0 Å². The first-order valence-electron chi connectivity index (χ1n) is 22.8. The Morgan fingerprint density at radius 3 is 2.22 bits per heavy atom. The van der Waals surface area contributed by atoms with Crippen LogP contribution in [0.1, 0.15) is 224 Å². The fourth-order valence-electron chi connectivity index (χ4n) is 10.7. The van der Waals surface area contributed by atoms with Crippen LogP contribution in [0.25, 0.3) is 0 Å². The summed E-state index contributed by atoms with van der Waals surface area (Å²) in [5.74, 6) is 7.60. The summed E-state index contributed by atoms with van der Waals surface area (Å²) in [7, 11) is 0. The van der Waals surface area contributed by atoms with E-state index in [1.807, 2.05) is 27.7 Å². The predicted molar refractivity (Wildman–Crippen MR) is 225 cm³/mol. The third kappa shape index (κ3) is 17.5. The molecule has 0 bridgehead atoms. The topological polar surface area (TPSA) is 0 Å². The van der Waals surface area contributed by atoms with E-state index in [0.717, 1.165) is 52.8 Å². The number of allylic oxidation sites excluding steroid dienone is 6. The zero-order valence-electron chi connectivity index (χ0n) is 35.8. The van der Waals surface area contributed by atoms with Gasteiger partial charge in [0.05, 0.1) is 0 Å². The van der Waals surface area contributed by atoms with Gasteiger partial charge in [0.1, 0.15) is 0 Å². The summed E-state index contributed by atoms with van der Waals surface area (Å²) in [6, 6.07) is 0. The molecule has 0 amide bonds. The van der Waals surface area contributed by atoms with Crippen LogP contribution in [0.4, 0.5) is 0 Å². The predicted octanol–water partition coefficient (Wildman–Crippen LogP) is 17.1. The Kier molecular flexibility index (Phi) is 26.3. The third-order valence-electron chi connectivity index (χ3n) is 13.2. The molecule has 0 aromatic heterocycles. The zero-order valence-corrected chi connectivity index (χ0v) is 35.8. The Labute approximate surface area is 311 Å². The smallest absolute Gasteiger partial charge is 0.0202 e. The van der Waals surface area contributed by atoms with Crippen LogP contribution in [-0.4, -0.2) is 0 Å². The van der Waals surface area contributed by atoms with Crippen molar-refractivity contribution >= 4 is 0 Å². The second-order valence-corrected chi connectivity index (χ2v) is 17.1. The molecule has 0 heteroatoms. The van der Waals surface area contributed by atoms with Crippen molar-refractivity contribution in [2.24, 2.45) is 52.8 Å². The van der Waals surface area contributed by atoms with E-state index in [0.29, 0.717) is 0 Å². The highest BCUT2D eigenvalue weighted by Gasteiger charge is 2.43. The highest BCUT2D eigenvalue weighted by atomic mass is 14.5. The molecule has 9 unspecified atom stereocenters. The number of hydrogen-bond acceptors (Lipinski definition) is 0. The highest BCUT2D eigenvalue weighted by molar-refractivity contribution is 5.05. The van der Waals surface area contributed by atoms with Crippen molar-refractivity contribution in [3.8, 4) is 0 Å². The molecule has 0 aliphatic heterocycles. The van der Waals surface area contributed by atoms with Crippen molar-refractivity contribution in [3.05, 3.63) is 36.0 Å². The molecule has 0 aromatic rings. The molecule has 4 aliphatic carbocycles. The average Bonchev–Trinajstić information content (AvgIpc) is 3.42. The molecular formula is C49H92. The zero-order chi connectivity index (χ0) is 36.5. The van der Waals surface area contributed by atoms with Crippen LogP contribution in [0.3, 0.4) is 0 Å². The molecular weight excluding hydrogens is 589 g/mol. The molecule has 4 aliphatic rings. The van der Waals surface area contributed by atoms with Gasteiger partial charge >= 0.3 is 0 Å². The second-order valence-electron chi connectivity index (χ2n) is 17.1. The van der Waals surface area contributed by atoms with E-state index in [9.17, 15) is 0 Å². The first kappa shape index (κ1) is 46.2. The molecule has 0 nitrogen and oxygen atoms in total. The summed E-state index contributed by atoms with van der Waals surface area (Å²) in [4.78, 5) is 0. The first-order valence-corrected chi connectivity index (χ1v) is 22.8. The lowest BCUT2D eigenvalue weighted by Gasteiger charge is -2.34. The summed E-state index contributed by atoms with van der Waals surface area (Å²) >= 11 is 0. The molecule has 49 heavy (non-hydrogen) atoms. The lowest BCUT2D eigenvalue weighted by molar-refractivity contribution is 0.187. The van der Waals surface area contributed by atoms with Gasteiger partial charge in [0, 0.05) is 0 Å². The van der Waals surface area contributed by atoms with Gasteiger partial charge in [0.2, 0.25) is 0 Å². The van der Waals surface area contributed by atoms with Crippen molar-refractivity contribution in [1.82, 2.24) is 0 Å². The molecule has 0 radical (unpaired) electrons. The van der Waals surface area contributed by atoms with Crippen LogP contribution >= 0.6 is 0 Å². The van der Waals surface area contributed by atoms with Gasteiger partial charge in [-0.25, -0.2) is 0 Å². The quantitative estimate of drug-likeness (QED) is 0.142. The summed E-state index contributed by atoms with van der Waals surface area (Å²) in [6.07, 6.45) is 45.9. The van der Waals surface area contributed by atoms with Crippen LogP contribution < -0.4 is 0 Å². The maximum atomic E-state index is 2.62. The van der Waals surface area contributed by atoms with Crippen molar-refractivity contribution in [2.45, 2.75) is 224 Å². The van der Waals surface area contributed by atoms with Crippen molar-refractivity contribution in [2.75, 3.05) is 0 Å². The number of rotatable bonds is 16. The Bertz CT molecular complexity index is 859. The lowest BCUT2D eigenvalue weighted by Crippen LogP contribution is -2.23. The van der Waals surface area contributed by atoms with E-state index >= 15 is 0 Å². The summed E-state index contributed by atoms with van der Waals surface area (Å²) < 4.78 is 0. The molecule has 9 atom stereocenters. The minimum absolute atomic E-state index is 0.738. The van der Waals surface area contributed by atoms with Crippen molar-refractivity contribution < 1.29 is 0 Å². The van der Waals surface area contributed by atoms with Gasteiger partial charge < -0.3 is 0 Å². The third-order valence-corrected chi connectivity index (χ3v) is 13.2. The van der Waals surface area contributed by atoms with Crippen LogP contribution in [0.2, 0.25) is 0 Å². The van der Waals surface area contributed by atoms with E-state index in [4.69, 9.17) is 0 Å². The molecule has 1 spiro atoms. The van der Waals surface area contributed by atoms with Crippen LogP contribution in [0, 0.1) is 52.8 Å². The first-order chi connectivity index (χ1) is 23.8. The molecule has 288 valence electrons. The largest absolute Gasteiger partial charge is 0.0887 e. The fourth-order valence-corrected chi connectivity index (χ4v) is 10.7. The standard InChI is InChI=1S/C33H54.C12H26.2C2H6/c1-4-11-29(31-17-9-13-28(23-31)22-26(3)5-2)16-8-12-27-19-21-33(24-27)20-10-18-30-14-6-7-15-32(30)25-33;1-5-8-11(4)10-12(7-3)9-6-2;2*1-2/h5-6,9,14,17,27-32H,4,7-8,10-13,15-16,18-25H2,1-3H3;11-12H,5-10H2,1-4H3;2*1-2H3. The number of hydrogen-bond donors (Lipinski definition) is 0. The van der Waals surface area contributed by atoms with Gasteiger partial charge in [-0.3, -0.25) is 0 Å². The summed E-state index contributed by atoms with van der Waals surface area (Å²) in [6.45, 7) is 24.3. The maximum absolute atomic E-state index is 2.62. The van der Waals surface area contributed by atoms with Crippen LogP contribution in [0.5, 0.6) is 0 Å². The van der Waals surface area contributed by atoms with Gasteiger partial charge in [-0.15, -0.1) is 0 Å². The van der Waals surface area contributed by atoms with E-state index in [-0.39, 0.29) is 0 Å². The molecule has 4 rings (SSSR count). The monoisotopic (exact) mass is 681 g/mol. The van der Waals surface area contributed by atoms with Gasteiger partial charge in [-0.2, -0.15) is 0 Å². The SMILES string of the molecule is CC.CC.CC=C(C)CC1CC=CC(C(CCC)CCCC2CCC3(CCCC4C=CCCC4C3)C2)C1.CCCC(C)CC(CC)CCC. The van der Waals surface area contributed by atoms with E-state index in [2.05, 4.69) is 78.8 Å². The molecule has 2 saturated carbocycles. The molecule has 2 fully saturated rings. The highest BCUT2D eigenvalue weighted by Crippen LogP contribution is 2.55. The molecule has 0 heterocycles. The van der Waals surface area contributed by atoms with E-state index in [1.54, 1.807) is 37.7 Å². The Morgan fingerprint density at radius 1 is 0.816 bits per heavy atom. The lowest BCUT2D eigenvalue weighted by atomic mass is 9.71. The molecule has 0 saturated heterocycles. The Balaban J connectivity index is 0.000000635. The van der Waals surface area contributed by atoms with Gasteiger partial charge in [0.25, 0.3) is 0 Å². The summed E-state index contributed by atoms with van der Waals surface area (Å²) in [5.41, 5.74) is 2.33. The van der Waals surface area contributed by atoms with E-state index < -0.39 is 0 Å². The fraction of sp³-hybridized carbons (Fsp3) is 0.878.